The minimum atomic E-state index is -0.719. The summed E-state index contributed by atoms with van der Waals surface area (Å²) in [7, 11) is 0. The van der Waals surface area contributed by atoms with Crippen LogP contribution in [0.5, 0.6) is 0 Å². The summed E-state index contributed by atoms with van der Waals surface area (Å²) in [5, 5.41) is 0. The van der Waals surface area contributed by atoms with Crippen molar-refractivity contribution in [3.8, 4) is 0 Å². The number of rotatable bonds is 4. The quantitative estimate of drug-likeness (QED) is 0.639. The molecule has 124 valence electrons. The van der Waals surface area contributed by atoms with Gasteiger partial charge >= 0.3 is 5.97 Å². The second-order valence-electron chi connectivity index (χ2n) is 5.62. The van der Waals surface area contributed by atoms with E-state index in [0.29, 0.717) is 19.4 Å². The van der Waals surface area contributed by atoms with Crippen molar-refractivity contribution in [2.24, 2.45) is 0 Å². The van der Waals surface area contributed by atoms with Crippen LogP contribution in [0.1, 0.15) is 28.8 Å². The highest BCUT2D eigenvalue weighted by Gasteiger charge is 2.35. The summed E-state index contributed by atoms with van der Waals surface area (Å²) in [6, 6.07) is 11.2. The minimum Gasteiger partial charge on any atom is -0.459 e. The summed E-state index contributed by atoms with van der Waals surface area (Å²) in [6.45, 7) is 0.621. The molecule has 1 fully saturated rings. The van der Waals surface area contributed by atoms with Crippen LogP contribution in [0.15, 0.2) is 48.7 Å². The SMILES string of the molecule is O=C(OCc1ccccc1)C1CCCN1C(=O)c1ccnc(F)c1. The number of benzene rings is 1. The van der Waals surface area contributed by atoms with Crippen LogP contribution >= 0.6 is 0 Å². The van der Waals surface area contributed by atoms with Crippen LogP contribution in [0.25, 0.3) is 0 Å². The van der Waals surface area contributed by atoms with Crippen molar-refractivity contribution in [3.05, 3.63) is 65.7 Å². The maximum atomic E-state index is 13.2. The third kappa shape index (κ3) is 3.59. The highest BCUT2D eigenvalue weighted by atomic mass is 19.1. The van der Waals surface area contributed by atoms with Crippen LogP contribution in [0, 0.1) is 5.95 Å². The summed E-state index contributed by atoms with van der Waals surface area (Å²) in [6.07, 6.45) is 2.50. The molecule has 2 aromatic rings. The Morgan fingerprint density at radius 3 is 2.79 bits per heavy atom. The second kappa shape index (κ2) is 7.21. The predicted molar refractivity (Wildman–Crippen MR) is 84.5 cm³/mol. The van der Waals surface area contributed by atoms with Crippen molar-refractivity contribution in [2.45, 2.75) is 25.5 Å². The number of amides is 1. The normalized spacial score (nSPS) is 16.9. The molecule has 1 amide bonds. The van der Waals surface area contributed by atoms with E-state index in [-0.39, 0.29) is 18.1 Å². The van der Waals surface area contributed by atoms with Crippen molar-refractivity contribution in [1.82, 2.24) is 9.88 Å². The largest absolute Gasteiger partial charge is 0.459 e. The first-order valence-electron chi connectivity index (χ1n) is 7.78. The molecule has 2 heterocycles. The number of halogens is 1. The van der Waals surface area contributed by atoms with Crippen molar-refractivity contribution >= 4 is 11.9 Å². The number of pyridine rings is 1. The van der Waals surface area contributed by atoms with Crippen LogP contribution in [0.3, 0.4) is 0 Å². The fraction of sp³-hybridized carbons (Fsp3) is 0.278. The number of esters is 1. The van der Waals surface area contributed by atoms with Gasteiger partial charge in [0.15, 0.2) is 0 Å². The van der Waals surface area contributed by atoms with E-state index in [9.17, 15) is 14.0 Å². The number of ether oxygens (including phenoxy) is 1. The Hall–Kier alpha value is -2.76. The smallest absolute Gasteiger partial charge is 0.329 e. The van der Waals surface area contributed by atoms with E-state index in [1.54, 1.807) is 0 Å². The Kier molecular flexibility index (Phi) is 4.84. The molecule has 1 aromatic carbocycles. The van der Waals surface area contributed by atoms with Crippen LogP contribution in [-0.4, -0.2) is 34.3 Å². The number of nitrogens with zero attached hydrogens (tertiary/aromatic N) is 2. The summed E-state index contributed by atoms with van der Waals surface area (Å²) in [5.41, 5.74) is 1.07. The number of likely N-dealkylation sites (tertiary alicyclic amines) is 1. The van der Waals surface area contributed by atoms with Gasteiger partial charge in [0.05, 0.1) is 0 Å². The lowest BCUT2D eigenvalue weighted by atomic mass is 10.2. The second-order valence-corrected chi connectivity index (χ2v) is 5.62. The minimum absolute atomic E-state index is 0.169. The Morgan fingerprint density at radius 1 is 1.25 bits per heavy atom. The van der Waals surface area contributed by atoms with Gasteiger partial charge in [-0.3, -0.25) is 4.79 Å². The zero-order valence-electron chi connectivity index (χ0n) is 13.0. The van der Waals surface area contributed by atoms with Gasteiger partial charge in [-0.2, -0.15) is 4.39 Å². The molecule has 1 aliphatic heterocycles. The average molecular weight is 328 g/mol. The van der Waals surface area contributed by atoms with Crippen LogP contribution < -0.4 is 0 Å². The first kappa shape index (κ1) is 16.1. The fourth-order valence-electron chi connectivity index (χ4n) is 2.78. The van der Waals surface area contributed by atoms with Gasteiger partial charge in [0.1, 0.15) is 12.6 Å². The van der Waals surface area contributed by atoms with Crippen molar-refractivity contribution < 1.29 is 18.7 Å². The summed E-state index contributed by atoms with van der Waals surface area (Å²) < 4.78 is 18.5. The van der Waals surface area contributed by atoms with Crippen LogP contribution in [-0.2, 0) is 16.1 Å². The fourth-order valence-corrected chi connectivity index (χ4v) is 2.78. The molecule has 6 heteroatoms. The monoisotopic (exact) mass is 328 g/mol. The molecule has 5 nitrogen and oxygen atoms in total. The van der Waals surface area contributed by atoms with Gasteiger partial charge in [0.25, 0.3) is 5.91 Å². The number of carbonyl (C=O) groups excluding carboxylic acids is 2. The molecule has 0 N–H and O–H groups in total. The van der Waals surface area contributed by atoms with E-state index in [4.69, 9.17) is 4.74 Å². The zero-order chi connectivity index (χ0) is 16.9. The standard InChI is InChI=1S/C18H17FN2O3/c19-16-11-14(8-9-20-16)17(22)21-10-4-7-15(21)18(23)24-12-13-5-2-1-3-6-13/h1-3,5-6,8-9,11,15H,4,7,10,12H2. The van der Waals surface area contributed by atoms with Gasteiger partial charge in [-0.1, -0.05) is 30.3 Å². The van der Waals surface area contributed by atoms with Crippen molar-refractivity contribution in [2.75, 3.05) is 6.54 Å². The molecule has 0 bridgehead atoms. The van der Waals surface area contributed by atoms with Gasteiger partial charge in [-0.15, -0.1) is 0 Å². The summed E-state index contributed by atoms with van der Waals surface area (Å²) >= 11 is 0. The third-order valence-electron chi connectivity index (χ3n) is 3.98. The van der Waals surface area contributed by atoms with Crippen molar-refractivity contribution in [3.63, 3.8) is 0 Å². The Labute approximate surface area is 139 Å². The Morgan fingerprint density at radius 2 is 2.04 bits per heavy atom. The highest BCUT2D eigenvalue weighted by Crippen LogP contribution is 2.22. The van der Waals surface area contributed by atoms with E-state index in [2.05, 4.69) is 4.98 Å². The molecular weight excluding hydrogens is 311 g/mol. The van der Waals surface area contributed by atoms with E-state index in [0.717, 1.165) is 11.6 Å². The van der Waals surface area contributed by atoms with E-state index in [1.807, 2.05) is 30.3 Å². The predicted octanol–water partition coefficient (Wildman–Crippen LogP) is 2.57. The van der Waals surface area contributed by atoms with Gasteiger partial charge < -0.3 is 9.64 Å². The van der Waals surface area contributed by atoms with E-state index >= 15 is 0 Å². The van der Waals surface area contributed by atoms with Gasteiger partial charge in [-0.05, 0) is 24.5 Å². The Balaban J connectivity index is 1.66. The zero-order valence-corrected chi connectivity index (χ0v) is 13.0. The van der Waals surface area contributed by atoms with Crippen LogP contribution in [0.2, 0.25) is 0 Å². The maximum Gasteiger partial charge on any atom is 0.329 e. The molecular formula is C18H17FN2O3. The molecule has 24 heavy (non-hydrogen) atoms. The molecule has 1 aromatic heterocycles. The first-order chi connectivity index (χ1) is 11.6. The molecule has 1 unspecified atom stereocenters. The molecule has 0 aliphatic carbocycles. The molecule has 3 rings (SSSR count). The molecule has 1 aliphatic rings. The molecule has 0 radical (unpaired) electrons. The van der Waals surface area contributed by atoms with E-state index in [1.165, 1.54) is 17.2 Å². The molecule has 0 saturated carbocycles. The summed E-state index contributed by atoms with van der Waals surface area (Å²) in [5.74, 6) is -1.53. The van der Waals surface area contributed by atoms with Crippen LogP contribution in [0.4, 0.5) is 4.39 Å². The third-order valence-corrected chi connectivity index (χ3v) is 3.98. The average Bonchev–Trinajstić information content (AvgIpc) is 3.09. The molecule has 1 atom stereocenters. The lowest BCUT2D eigenvalue weighted by Crippen LogP contribution is -2.41. The molecule has 1 saturated heterocycles. The molecule has 0 spiro atoms. The Bertz CT molecular complexity index is 736. The highest BCUT2D eigenvalue weighted by molar-refractivity contribution is 5.97. The summed E-state index contributed by atoms with van der Waals surface area (Å²) in [4.78, 5) is 29.7. The van der Waals surface area contributed by atoms with Crippen molar-refractivity contribution in [1.29, 1.82) is 0 Å². The number of hydrogen-bond donors (Lipinski definition) is 0. The first-order valence-corrected chi connectivity index (χ1v) is 7.78. The number of hydrogen-bond acceptors (Lipinski definition) is 4. The van der Waals surface area contributed by atoms with Gasteiger partial charge in [-0.25, -0.2) is 9.78 Å². The van der Waals surface area contributed by atoms with E-state index < -0.39 is 18.0 Å². The number of carbonyl (C=O) groups is 2. The topological polar surface area (TPSA) is 59.5 Å². The van der Waals surface area contributed by atoms with Gasteiger partial charge in [0, 0.05) is 24.4 Å². The lowest BCUT2D eigenvalue weighted by Gasteiger charge is -2.23. The number of aromatic nitrogens is 1. The maximum absolute atomic E-state index is 13.2. The lowest BCUT2D eigenvalue weighted by molar-refractivity contribution is -0.149. The van der Waals surface area contributed by atoms with Gasteiger partial charge in [0.2, 0.25) is 5.95 Å².